The van der Waals surface area contributed by atoms with E-state index in [1.165, 1.54) is 4.90 Å². The van der Waals surface area contributed by atoms with Crippen LogP contribution in [0.5, 0.6) is 5.75 Å². The highest BCUT2D eigenvalue weighted by Gasteiger charge is 2.52. The lowest BCUT2D eigenvalue weighted by atomic mass is 9.98. The number of nitrogens with zero attached hydrogens (tertiary/aromatic N) is 2. The van der Waals surface area contributed by atoms with Gasteiger partial charge >= 0.3 is 6.03 Å². The van der Waals surface area contributed by atoms with Crippen LogP contribution in [0.2, 0.25) is 0 Å². The Morgan fingerprint density at radius 1 is 1.29 bits per heavy atom. The van der Waals surface area contributed by atoms with E-state index in [0.717, 1.165) is 43.6 Å². The van der Waals surface area contributed by atoms with Gasteiger partial charge in [0.25, 0.3) is 5.91 Å². The van der Waals surface area contributed by atoms with E-state index in [1.807, 2.05) is 24.3 Å². The van der Waals surface area contributed by atoms with Gasteiger partial charge in [0.1, 0.15) is 11.3 Å². The van der Waals surface area contributed by atoms with Crippen molar-refractivity contribution in [1.29, 1.82) is 0 Å². The van der Waals surface area contributed by atoms with E-state index in [2.05, 4.69) is 5.32 Å². The van der Waals surface area contributed by atoms with E-state index >= 15 is 0 Å². The summed E-state index contributed by atoms with van der Waals surface area (Å²) in [4.78, 5) is 41.4. The minimum absolute atomic E-state index is 0.0213. The Labute approximate surface area is 182 Å². The first-order valence-electron chi connectivity index (χ1n) is 11.2. The number of benzene rings is 1. The van der Waals surface area contributed by atoms with Crippen molar-refractivity contribution >= 4 is 17.8 Å². The maximum Gasteiger partial charge on any atom is 0.325 e. The fraction of sp³-hybridized carbons (Fsp3) is 0.609. The maximum absolute atomic E-state index is 13.1. The molecule has 31 heavy (non-hydrogen) atoms. The number of nitrogens with one attached hydrogen (secondary N) is 1. The summed E-state index contributed by atoms with van der Waals surface area (Å²) in [5.41, 5.74) is 0.226. The molecule has 1 aliphatic carbocycles. The molecule has 1 saturated carbocycles. The second-order valence-corrected chi connectivity index (χ2v) is 8.69. The Morgan fingerprint density at radius 3 is 2.81 bits per heavy atom. The van der Waals surface area contributed by atoms with Crippen molar-refractivity contribution in [3.05, 3.63) is 29.8 Å². The number of rotatable bonds is 8. The summed E-state index contributed by atoms with van der Waals surface area (Å²) in [5, 5.41) is 2.87. The highest BCUT2D eigenvalue weighted by molar-refractivity contribution is 6.07. The summed E-state index contributed by atoms with van der Waals surface area (Å²) >= 11 is 0. The molecule has 8 nitrogen and oxygen atoms in total. The lowest BCUT2D eigenvalue weighted by Gasteiger charge is -2.26. The third-order valence-corrected chi connectivity index (χ3v) is 6.56. The Hall–Kier alpha value is -2.61. The first-order chi connectivity index (χ1) is 15.0. The lowest BCUT2D eigenvalue weighted by Crippen LogP contribution is -2.44. The van der Waals surface area contributed by atoms with Gasteiger partial charge in [0.05, 0.1) is 13.2 Å². The van der Waals surface area contributed by atoms with Gasteiger partial charge in [-0.15, -0.1) is 0 Å². The molecule has 168 valence electrons. The normalized spacial score (nSPS) is 22.2. The smallest absolute Gasteiger partial charge is 0.325 e. The van der Waals surface area contributed by atoms with Gasteiger partial charge < -0.3 is 19.7 Å². The minimum Gasteiger partial charge on any atom is -0.497 e. The maximum atomic E-state index is 13.1. The Bertz CT molecular complexity index is 830. The summed E-state index contributed by atoms with van der Waals surface area (Å²) < 4.78 is 11.0. The van der Waals surface area contributed by atoms with E-state index in [-0.39, 0.29) is 36.9 Å². The Kier molecular flexibility index (Phi) is 6.46. The number of urea groups is 1. The van der Waals surface area contributed by atoms with Crippen LogP contribution in [0.15, 0.2) is 24.3 Å². The first kappa shape index (κ1) is 21.6. The first-order valence-corrected chi connectivity index (χ1v) is 11.2. The van der Waals surface area contributed by atoms with Crippen molar-refractivity contribution in [3.8, 4) is 5.75 Å². The van der Waals surface area contributed by atoms with E-state index in [1.54, 1.807) is 12.0 Å². The summed E-state index contributed by atoms with van der Waals surface area (Å²) in [6.07, 6.45) is 5.29. The minimum atomic E-state index is -0.738. The fourth-order valence-electron chi connectivity index (χ4n) is 4.84. The standard InChI is InChI=1S/C23H31N3O5/c1-30-18-7-4-6-17(14-18)15-25(16-19-8-5-13-31-19)20(27)9-12-26-21(28)23(24-22(26)29)10-2-3-11-23/h4,6-7,14,19H,2-3,5,8-13,15-16H2,1H3,(H,24,29). The molecule has 1 unspecified atom stereocenters. The molecule has 1 N–H and O–H groups in total. The van der Waals surface area contributed by atoms with E-state index in [4.69, 9.17) is 9.47 Å². The molecule has 1 spiro atoms. The van der Waals surface area contributed by atoms with E-state index in [0.29, 0.717) is 25.9 Å². The fourth-order valence-corrected chi connectivity index (χ4v) is 4.84. The summed E-state index contributed by atoms with van der Waals surface area (Å²) in [6.45, 7) is 1.75. The van der Waals surface area contributed by atoms with Crippen LogP contribution in [0.4, 0.5) is 4.79 Å². The molecule has 1 atom stereocenters. The van der Waals surface area contributed by atoms with Crippen molar-refractivity contribution in [2.75, 3.05) is 26.8 Å². The molecule has 0 bridgehead atoms. The molecule has 1 aromatic carbocycles. The number of carbonyl (C=O) groups excluding carboxylic acids is 3. The van der Waals surface area contributed by atoms with Crippen molar-refractivity contribution in [1.82, 2.24) is 15.1 Å². The molecule has 0 aromatic heterocycles. The molecular weight excluding hydrogens is 398 g/mol. The number of carbonyl (C=O) groups is 3. The number of imide groups is 1. The average molecular weight is 430 g/mol. The summed E-state index contributed by atoms with van der Waals surface area (Å²) in [5.74, 6) is 0.468. The Morgan fingerprint density at radius 2 is 2.10 bits per heavy atom. The van der Waals surface area contributed by atoms with Crippen molar-refractivity contribution in [2.24, 2.45) is 0 Å². The van der Waals surface area contributed by atoms with Crippen LogP contribution in [0.25, 0.3) is 0 Å². The van der Waals surface area contributed by atoms with Gasteiger partial charge in [0.2, 0.25) is 5.91 Å². The third-order valence-electron chi connectivity index (χ3n) is 6.56. The van der Waals surface area contributed by atoms with Crippen LogP contribution in [-0.2, 0) is 20.9 Å². The van der Waals surface area contributed by atoms with Gasteiger partial charge in [-0.2, -0.15) is 0 Å². The van der Waals surface area contributed by atoms with Crippen LogP contribution >= 0.6 is 0 Å². The predicted molar refractivity (Wildman–Crippen MR) is 113 cm³/mol. The van der Waals surface area contributed by atoms with E-state index < -0.39 is 5.54 Å². The molecule has 4 rings (SSSR count). The monoisotopic (exact) mass is 429 g/mol. The van der Waals surface area contributed by atoms with Crippen LogP contribution in [0.3, 0.4) is 0 Å². The number of hydrogen-bond donors (Lipinski definition) is 1. The van der Waals surface area contributed by atoms with Crippen LogP contribution in [0.1, 0.15) is 50.5 Å². The summed E-state index contributed by atoms with van der Waals surface area (Å²) in [6, 6.07) is 7.26. The second-order valence-electron chi connectivity index (χ2n) is 8.69. The van der Waals surface area contributed by atoms with Crippen molar-refractivity contribution in [2.45, 2.75) is 63.1 Å². The molecule has 8 heteroatoms. The molecule has 2 saturated heterocycles. The highest BCUT2D eigenvalue weighted by Crippen LogP contribution is 2.35. The molecule has 2 heterocycles. The summed E-state index contributed by atoms with van der Waals surface area (Å²) in [7, 11) is 1.61. The van der Waals surface area contributed by atoms with Gasteiger partial charge in [0.15, 0.2) is 0 Å². The second kappa shape index (κ2) is 9.26. The molecule has 4 amide bonds. The van der Waals surface area contributed by atoms with Crippen molar-refractivity contribution < 1.29 is 23.9 Å². The third kappa shape index (κ3) is 4.69. The van der Waals surface area contributed by atoms with Crippen LogP contribution < -0.4 is 10.1 Å². The Balaban J connectivity index is 1.41. The molecular formula is C23H31N3O5. The predicted octanol–water partition coefficient (Wildman–Crippen LogP) is 2.46. The lowest BCUT2D eigenvalue weighted by molar-refractivity contribution is -0.135. The average Bonchev–Trinajstić information content (AvgIpc) is 3.50. The topological polar surface area (TPSA) is 88.2 Å². The van der Waals surface area contributed by atoms with Gasteiger partial charge in [-0.1, -0.05) is 25.0 Å². The zero-order valence-electron chi connectivity index (χ0n) is 18.1. The molecule has 0 radical (unpaired) electrons. The van der Waals surface area contributed by atoms with E-state index in [9.17, 15) is 14.4 Å². The number of amides is 4. The number of ether oxygens (including phenoxy) is 2. The molecule has 1 aromatic rings. The molecule has 3 aliphatic rings. The van der Waals surface area contributed by atoms with Gasteiger partial charge in [-0.25, -0.2) is 4.79 Å². The van der Waals surface area contributed by atoms with Gasteiger partial charge in [-0.3, -0.25) is 14.5 Å². The highest BCUT2D eigenvalue weighted by atomic mass is 16.5. The van der Waals surface area contributed by atoms with Crippen LogP contribution in [-0.4, -0.2) is 66.1 Å². The zero-order chi connectivity index (χ0) is 21.8. The number of hydrogen-bond acceptors (Lipinski definition) is 5. The largest absolute Gasteiger partial charge is 0.497 e. The van der Waals surface area contributed by atoms with Gasteiger partial charge in [-0.05, 0) is 43.4 Å². The number of methoxy groups -OCH3 is 1. The SMILES string of the molecule is COc1cccc(CN(CC2CCCO2)C(=O)CCN2C(=O)NC3(CCCC3)C2=O)c1. The van der Waals surface area contributed by atoms with Gasteiger partial charge in [0, 0.05) is 32.7 Å². The molecule has 2 aliphatic heterocycles. The quantitative estimate of drug-likeness (QED) is 0.642. The van der Waals surface area contributed by atoms with Crippen molar-refractivity contribution in [3.63, 3.8) is 0 Å². The van der Waals surface area contributed by atoms with Crippen LogP contribution in [0, 0.1) is 0 Å². The molecule has 3 fully saturated rings. The zero-order valence-corrected chi connectivity index (χ0v) is 18.1.